The third kappa shape index (κ3) is 2.08. The zero-order chi connectivity index (χ0) is 15.3. The van der Waals surface area contributed by atoms with E-state index in [4.69, 9.17) is 22.1 Å². The Kier molecular flexibility index (Phi) is 3.28. The van der Waals surface area contributed by atoms with Crippen LogP contribution in [-0.2, 0) is 0 Å². The van der Waals surface area contributed by atoms with Crippen molar-refractivity contribution in [3.63, 3.8) is 0 Å². The van der Waals surface area contributed by atoms with Gasteiger partial charge in [-0.2, -0.15) is 0 Å². The standard InChI is InChI=1S/C18H19ClN2O/c1-11-8-9-21-14-10-12(19)6-7-16(14)22-15-5-3-2-4-13(15)18(21)17(11)20/h2-7,10-11,17-18H,8-9,20H2,1H3/t11-,17?,18+/m0/s1. The molecular weight excluding hydrogens is 296 g/mol. The molecule has 4 rings (SSSR count). The predicted octanol–water partition coefficient (Wildman–Crippen LogP) is 4.36. The van der Waals surface area contributed by atoms with Crippen LogP contribution in [0, 0.1) is 5.92 Å². The first-order chi connectivity index (χ1) is 10.6. The van der Waals surface area contributed by atoms with Crippen molar-refractivity contribution in [2.24, 2.45) is 11.7 Å². The van der Waals surface area contributed by atoms with Crippen molar-refractivity contribution in [2.45, 2.75) is 25.4 Å². The van der Waals surface area contributed by atoms with Gasteiger partial charge < -0.3 is 15.4 Å². The van der Waals surface area contributed by atoms with Gasteiger partial charge in [-0.25, -0.2) is 0 Å². The van der Waals surface area contributed by atoms with E-state index in [1.165, 1.54) is 0 Å². The SMILES string of the molecule is C[C@H]1CCN2c3cc(Cl)ccc3Oc3ccccc3[C@@H]2C1N. The van der Waals surface area contributed by atoms with Crippen molar-refractivity contribution in [1.29, 1.82) is 0 Å². The fraction of sp³-hybridized carbons (Fsp3) is 0.333. The number of piperidine rings is 1. The number of anilines is 1. The molecule has 114 valence electrons. The summed E-state index contributed by atoms with van der Waals surface area (Å²) in [6.07, 6.45) is 1.08. The maximum Gasteiger partial charge on any atom is 0.150 e. The number of hydrogen-bond acceptors (Lipinski definition) is 3. The molecule has 22 heavy (non-hydrogen) atoms. The lowest BCUT2D eigenvalue weighted by molar-refractivity contribution is 0.312. The number of nitrogens with two attached hydrogens (primary N) is 1. The van der Waals surface area contributed by atoms with E-state index < -0.39 is 0 Å². The maximum absolute atomic E-state index is 6.58. The van der Waals surface area contributed by atoms with E-state index in [0.29, 0.717) is 5.92 Å². The molecule has 0 aromatic heterocycles. The Hall–Kier alpha value is -1.71. The highest BCUT2D eigenvalue weighted by Gasteiger charge is 2.39. The zero-order valence-electron chi connectivity index (χ0n) is 12.5. The van der Waals surface area contributed by atoms with Gasteiger partial charge in [-0.05, 0) is 36.6 Å². The molecule has 0 spiro atoms. The van der Waals surface area contributed by atoms with Crippen LogP contribution in [-0.4, -0.2) is 12.6 Å². The van der Waals surface area contributed by atoms with Crippen LogP contribution in [0.5, 0.6) is 11.5 Å². The van der Waals surface area contributed by atoms with E-state index in [-0.39, 0.29) is 12.1 Å². The van der Waals surface area contributed by atoms with Crippen molar-refractivity contribution >= 4 is 17.3 Å². The van der Waals surface area contributed by atoms with Crippen LogP contribution in [0.3, 0.4) is 0 Å². The highest BCUT2D eigenvalue weighted by atomic mass is 35.5. The number of benzene rings is 2. The van der Waals surface area contributed by atoms with Crippen molar-refractivity contribution in [3.05, 3.63) is 53.1 Å². The molecule has 3 nitrogen and oxygen atoms in total. The molecule has 0 bridgehead atoms. The number of rotatable bonds is 0. The van der Waals surface area contributed by atoms with Crippen LogP contribution < -0.4 is 15.4 Å². The predicted molar refractivity (Wildman–Crippen MR) is 89.8 cm³/mol. The Labute approximate surface area is 135 Å². The molecule has 4 heteroatoms. The molecule has 1 unspecified atom stereocenters. The summed E-state index contributed by atoms with van der Waals surface area (Å²) in [4.78, 5) is 2.36. The lowest BCUT2D eigenvalue weighted by Gasteiger charge is -2.43. The second kappa shape index (κ2) is 5.18. The second-order valence-corrected chi connectivity index (χ2v) is 6.67. The van der Waals surface area contributed by atoms with Gasteiger partial charge in [0.25, 0.3) is 0 Å². The van der Waals surface area contributed by atoms with Crippen LogP contribution in [0.25, 0.3) is 0 Å². The smallest absolute Gasteiger partial charge is 0.150 e. The summed E-state index contributed by atoms with van der Waals surface area (Å²) in [6, 6.07) is 14.2. The van der Waals surface area contributed by atoms with E-state index in [1.54, 1.807) is 0 Å². The third-order valence-electron chi connectivity index (χ3n) is 4.87. The minimum atomic E-state index is 0.0726. The van der Waals surface area contributed by atoms with Gasteiger partial charge in [-0.15, -0.1) is 0 Å². The van der Waals surface area contributed by atoms with Gasteiger partial charge in [0.1, 0.15) is 5.75 Å². The average molecular weight is 315 g/mol. The van der Waals surface area contributed by atoms with E-state index >= 15 is 0 Å². The van der Waals surface area contributed by atoms with Crippen LogP contribution in [0.4, 0.5) is 5.69 Å². The lowest BCUT2D eigenvalue weighted by atomic mass is 9.83. The second-order valence-electron chi connectivity index (χ2n) is 6.23. The number of nitrogens with zero attached hydrogens (tertiary/aromatic N) is 1. The van der Waals surface area contributed by atoms with Gasteiger partial charge in [0.05, 0.1) is 11.7 Å². The summed E-state index contributed by atoms with van der Waals surface area (Å²) in [5.74, 6) is 2.22. The zero-order valence-corrected chi connectivity index (χ0v) is 13.3. The van der Waals surface area contributed by atoms with Gasteiger partial charge in [0, 0.05) is 23.2 Å². The summed E-state index contributed by atoms with van der Waals surface area (Å²) in [7, 11) is 0. The van der Waals surface area contributed by atoms with E-state index in [2.05, 4.69) is 24.0 Å². The Morgan fingerprint density at radius 2 is 2.00 bits per heavy atom. The summed E-state index contributed by atoms with van der Waals surface area (Å²) >= 11 is 6.22. The Morgan fingerprint density at radius 3 is 2.86 bits per heavy atom. The minimum absolute atomic E-state index is 0.0726. The fourth-order valence-electron chi connectivity index (χ4n) is 3.58. The molecule has 2 aromatic rings. The molecule has 1 saturated heterocycles. The molecule has 0 amide bonds. The van der Waals surface area contributed by atoms with Gasteiger partial charge in [-0.1, -0.05) is 36.7 Å². The Morgan fingerprint density at radius 1 is 1.18 bits per heavy atom. The molecule has 3 atom stereocenters. The molecule has 2 aromatic carbocycles. The number of hydrogen-bond donors (Lipinski definition) is 1. The third-order valence-corrected chi connectivity index (χ3v) is 5.11. The van der Waals surface area contributed by atoms with Crippen molar-refractivity contribution < 1.29 is 4.74 Å². The van der Waals surface area contributed by atoms with E-state index in [1.807, 2.05) is 30.3 Å². The summed E-state index contributed by atoms with van der Waals surface area (Å²) < 4.78 is 6.18. The number of fused-ring (bicyclic) bond motifs is 5. The van der Waals surface area contributed by atoms with Gasteiger partial charge >= 0.3 is 0 Å². The van der Waals surface area contributed by atoms with Gasteiger partial charge in [0.15, 0.2) is 5.75 Å². The number of para-hydroxylation sites is 1. The molecule has 2 heterocycles. The quantitative estimate of drug-likeness (QED) is 0.785. The van der Waals surface area contributed by atoms with Crippen molar-refractivity contribution in [2.75, 3.05) is 11.4 Å². The molecule has 0 saturated carbocycles. The fourth-order valence-corrected chi connectivity index (χ4v) is 3.74. The Balaban J connectivity index is 1.94. The molecule has 2 N–H and O–H groups in total. The summed E-state index contributed by atoms with van der Waals surface area (Å²) in [5, 5.41) is 0.722. The molecule has 1 fully saturated rings. The molecule has 0 radical (unpaired) electrons. The monoisotopic (exact) mass is 314 g/mol. The van der Waals surface area contributed by atoms with E-state index in [0.717, 1.165) is 40.7 Å². The van der Waals surface area contributed by atoms with Crippen molar-refractivity contribution in [1.82, 2.24) is 0 Å². The Bertz CT molecular complexity index is 718. The van der Waals surface area contributed by atoms with E-state index in [9.17, 15) is 0 Å². The van der Waals surface area contributed by atoms with Crippen LogP contribution in [0.1, 0.15) is 24.9 Å². The van der Waals surface area contributed by atoms with Crippen LogP contribution >= 0.6 is 11.6 Å². The number of ether oxygens (including phenoxy) is 1. The number of halogens is 1. The molecule has 2 aliphatic rings. The molecule has 0 aliphatic carbocycles. The highest BCUT2D eigenvalue weighted by Crippen LogP contribution is 2.48. The molecule has 2 aliphatic heterocycles. The normalized spacial score (nSPS) is 26.3. The van der Waals surface area contributed by atoms with Gasteiger partial charge in [0.2, 0.25) is 0 Å². The van der Waals surface area contributed by atoms with Crippen LogP contribution in [0.15, 0.2) is 42.5 Å². The largest absolute Gasteiger partial charge is 0.455 e. The summed E-state index contributed by atoms with van der Waals surface area (Å²) in [6.45, 7) is 3.19. The first-order valence-corrected chi connectivity index (χ1v) is 8.11. The van der Waals surface area contributed by atoms with Crippen molar-refractivity contribution in [3.8, 4) is 11.5 Å². The maximum atomic E-state index is 6.58. The first-order valence-electron chi connectivity index (χ1n) is 7.73. The minimum Gasteiger partial charge on any atom is -0.455 e. The van der Waals surface area contributed by atoms with Gasteiger partial charge in [-0.3, -0.25) is 0 Å². The highest BCUT2D eigenvalue weighted by molar-refractivity contribution is 6.31. The summed E-state index contributed by atoms with van der Waals surface area (Å²) in [5.41, 5.74) is 8.78. The lowest BCUT2D eigenvalue weighted by Crippen LogP contribution is -2.50. The average Bonchev–Trinajstić information content (AvgIpc) is 2.65. The first kappa shape index (κ1) is 13.9. The topological polar surface area (TPSA) is 38.5 Å². The molecular formula is C18H19ClN2O. The van der Waals surface area contributed by atoms with Crippen LogP contribution in [0.2, 0.25) is 5.02 Å².